The van der Waals surface area contributed by atoms with Gasteiger partial charge in [-0.2, -0.15) is 0 Å². The Morgan fingerprint density at radius 1 is 0.741 bits per heavy atom. The first-order chi connectivity index (χ1) is 13.2. The van der Waals surface area contributed by atoms with Crippen LogP contribution in [-0.4, -0.2) is 24.0 Å². The molecule has 2 N–H and O–H groups in total. The minimum absolute atomic E-state index is 0.298. The third-order valence-electron chi connectivity index (χ3n) is 5.93. The Morgan fingerprint density at radius 2 is 1.22 bits per heavy atom. The van der Waals surface area contributed by atoms with Crippen LogP contribution in [-0.2, 0) is 5.54 Å². The fourth-order valence-corrected chi connectivity index (χ4v) is 4.59. The Morgan fingerprint density at radius 3 is 1.74 bits per heavy atom. The summed E-state index contributed by atoms with van der Waals surface area (Å²) in [4.78, 5) is 2.64. The van der Waals surface area contributed by atoms with Crippen molar-refractivity contribution < 1.29 is 0 Å². The molecule has 0 bridgehead atoms. The number of rotatable bonds is 4. The number of hydrogen-bond acceptors (Lipinski definition) is 2. The zero-order valence-electron chi connectivity index (χ0n) is 16.0. The third kappa shape index (κ3) is 3.20. The smallest absolute Gasteiger partial charge is 0.0975 e. The Kier molecular flexibility index (Phi) is 5.11. The lowest BCUT2D eigenvalue weighted by atomic mass is 9.73. The van der Waals surface area contributed by atoms with Gasteiger partial charge in [0.05, 0.1) is 5.54 Å². The predicted molar refractivity (Wildman–Crippen MR) is 113 cm³/mol. The van der Waals surface area contributed by atoms with E-state index in [1.54, 1.807) is 0 Å². The van der Waals surface area contributed by atoms with Crippen molar-refractivity contribution in [3.63, 3.8) is 0 Å². The number of likely N-dealkylation sites (tertiary alicyclic amines) is 1. The van der Waals surface area contributed by atoms with Gasteiger partial charge in [0.2, 0.25) is 0 Å². The van der Waals surface area contributed by atoms with Gasteiger partial charge < -0.3 is 5.73 Å². The molecule has 1 saturated heterocycles. The van der Waals surface area contributed by atoms with E-state index in [-0.39, 0.29) is 5.54 Å². The lowest BCUT2D eigenvalue weighted by Gasteiger charge is -2.48. The molecule has 0 unspecified atom stereocenters. The van der Waals surface area contributed by atoms with E-state index in [1.165, 1.54) is 22.3 Å². The summed E-state index contributed by atoms with van der Waals surface area (Å²) >= 11 is 0. The molecule has 0 aliphatic carbocycles. The molecular formula is C25H28N2. The quantitative estimate of drug-likeness (QED) is 0.686. The summed E-state index contributed by atoms with van der Waals surface area (Å²) in [6, 6.07) is 31.0. The lowest BCUT2D eigenvalue weighted by Crippen LogP contribution is -2.53. The zero-order valence-corrected chi connectivity index (χ0v) is 16.0. The first kappa shape index (κ1) is 18.0. The van der Waals surface area contributed by atoms with Crippen LogP contribution in [0.2, 0.25) is 0 Å². The van der Waals surface area contributed by atoms with E-state index in [4.69, 9.17) is 5.73 Å². The highest BCUT2D eigenvalue weighted by Crippen LogP contribution is 2.44. The maximum atomic E-state index is 6.26. The average molecular weight is 357 g/mol. The second kappa shape index (κ2) is 7.67. The van der Waals surface area contributed by atoms with E-state index >= 15 is 0 Å². The summed E-state index contributed by atoms with van der Waals surface area (Å²) in [5, 5.41) is 0. The minimum Gasteiger partial charge on any atom is -0.328 e. The predicted octanol–water partition coefficient (Wildman–Crippen LogP) is 4.71. The normalized spacial score (nSPS) is 16.4. The van der Waals surface area contributed by atoms with Crippen LogP contribution in [0.25, 0.3) is 0 Å². The molecule has 1 heterocycles. The van der Waals surface area contributed by atoms with Gasteiger partial charge in [0.25, 0.3) is 0 Å². The molecule has 0 spiro atoms. The van der Waals surface area contributed by atoms with Gasteiger partial charge in [-0.3, -0.25) is 4.90 Å². The molecule has 2 nitrogen and oxygen atoms in total. The molecule has 0 saturated carbocycles. The molecule has 0 atom stereocenters. The van der Waals surface area contributed by atoms with Gasteiger partial charge in [-0.1, -0.05) is 84.9 Å². The van der Waals surface area contributed by atoms with E-state index < -0.39 is 0 Å². The molecule has 1 aliphatic heterocycles. The summed E-state index contributed by atoms with van der Waals surface area (Å²) in [5.74, 6) is 0. The molecule has 1 aliphatic rings. The van der Waals surface area contributed by atoms with Crippen molar-refractivity contribution in [1.82, 2.24) is 4.90 Å². The van der Waals surface area contributed by atoms with Crippen molar-refractivity contribution in [3.8, 4) is 0 Å². The van der Waals surface area contributed by atoms with Gasteiger partial charge in [0, 0.05) is 19.1 Å². The molecule has 1 fully saturated rings. The molecule has 0 radical (unpaired) electrons. The van der Waals surface area contributed by atoms with Crippen molar-refractivity contribution in [2.75, 3.05) is 13.1 Å². The molecule has 138 valence electrons. The standard InChI is InChI=1S/C25H28N2/c1-20-10-8-9-15-24(20)25(21-11-4-2-5-12-21,22-13-6-3-7-14-22)27-18-16-23(26)17-19-27/h2-15,23H,16-19,26H2,1H3. The van der Waals surface area contributed by atoms with E-state index in [0.29, 0.717) is 6.04 Å². The second-order valence-corrected chi connectivity index (χ2v) is 7.58. The van der Waals surface area contributed by atoms with Gasteiger partial charge >= 0.3 is 0 Å². The molecule has 0 aromatic heterocycles. The fraction of sp³-hybridized carbons (Fsp3) is 0.280. The van der Waals surface area contributed by atoms with Crippen molar-refractivity contribution >= 4 is 0 Å². The SMILES string of the molecule is Cc1ccccc1C(c1ccccc1)(c1ccccc1)N1CCC(N)CC1. The average Bonchev–Trinajstić information content (AvgIpc) is 2.73. The van der Waals surface area contributed by atoms with E-state index in [0.717, 1.165) is 25.9 Å². The van der Waals surface area contributed by atoms with Crippen LogP contribution >= 0.6 is 0 Å². The first-order valence-electron chi connectivity index (χ1n) is 9.90. The van der Waals surface area contributed by atoms with Crippen LogP contribution in [0.3, 0.4) is 0 Å². The number of hydrogen-bond donors (Lipinski definition) is 1. The van der Waals surface area contributed by atoms with E-state index in [9.17, 15) is 0 Å². The zero-order chi connectivity index (χ0) is 18.7. The highest BCUT2D eigenvalue weighted by Gasteiger charge is 2.43. The molecule has 0 amide bonds. The topological polar surface area (TPSA) is 29.3 Å². The highest BCUT2D eigenvalue weighted by molar-refractivity contribution is 5.52. The van der Waals surface area contributed by atoms with Gasteiger partial charge in [0.1, 0.15) is 0 Å². The molecular weight excluding hydrogens is 328 g/mol. The number of nitrogens with zero attached hydrogens (tertiary/aromatic N) is 1. The number of piperidine rings is 1. The van der Waals surface area contributed by atoms with Gasteiger partial charge in [-0.25, -0.2) is 0 Å². The van der Waals surface area contributed by atoms with Crippen LogP contribution in [0, 0.1) is 6.92 Å². The van der Waals surface area contributed by atoms with E-state index in [2.05, 4.69) is 96.8 Å². The number of aryl methyl sites for hydroxylation is 1. The van der Waals surface area contributed by atoms with Gasteiger partial charge in [-0.05, 0) is 42.0 Å². The Balaban J connectivity index is 2.02. The summed E-state index contributed by atoms with van der Waals surface area (Å²) in [5.41, 5.74) is 11.3. The Bertz CT molecular complexity index is 826. The maximum Gasteiger partial charge on any atom is 0.0975 e. The van der Waals surface area contributed by atoms with Crippen molar-refractivity contribution in [3.05, 3.63) is 107 Å². The molecule has 3 aromatic carbocycles. The van der Waals surface area contributed by atoms with E-state index in [1.807, 2.05) is 0 Å². The monoisotopic (exact) mass is 356 g/mol. The van der Waals surface area contributed by atoms with Crippen LogP contribution in [0.5, 0.6) is 0 Å². The lowest BCUT2D eigenvalue weighted by molar-refractivity contribution is 0.118. The van der Waals surface area contributed by atoms with Crippen LogP contribution in [0.1, 0.15) is 35.1 Å². The van der Waals surface area contributed by atoms with Crippen molar-refractivity contribution in [1.29, 1.82) is 0 Å². The third-order valence-corrected chi connectivity index (χ3v) is 5.93. The number of benzene rings is 3. The van der Waals surface area contributed by atoms with Gasteiger partial charge in [0.15, 0.2) is 0 Å². The van der Waals surface area contributed by atoms with Gasteiger partial charge in [-0.15, -0.1) is 0 Å². The highest BCUT2D eigenvalue weighted by atomic mass is 15.2. The minimum atomic E-state index is -0.298. The van der Waals surface area contributed by atoms with Crippen molar-refractivity contribution in [2.24, 2.45) is 5.73 Å². The molecule has 27 heavy (non-hydrogen) atoms. The summed E-state index contributed by atoms with van der Waals surface area (Å²) in [7, 11) is 0. The molecule has 4 rings (SSSR count). The van der Waals surface area contributed by atoms with Crippen LogP contribution in [0.4, 0.5) is 0 Å². The second-order valence-electron chi connectivity index (χ2n) is 7.58. The van der Waals surface area contributed by atoms with Crippen LogP contribution < -0.4 is 5.73 Å². The summed E-state index contributed by atoms with van der Waals surface area (Å²) in [6.07, 6.45) is 2.07. The largest absolute Gasteiger partial charge is 0.328 e. The summed E-state index contributed by atoms with van der Waals surface area (Å²) in [6.45, 7) is 4.23. The summed E-state index contributed by atoms with van der Waals surface area (Å²) < 4.78 is 0. The first-order valence-corrected chi connectivity index (χ1v) is 9.90. The van der Waals surface area contributed by atoms with Crippen LogP contribution in [0.15, 0.2) is 84.9 Å². The maximum absolute atomic E-state index is 6.26. The molecule has 3 aromatic rings. The Hall–Kier alpha value is -2.42. The fourth-order valence-electron chi connectivity index (χ4n) is 4.59. The Labute approximate surface area is 162 Å². The number of nitrogens with two attached hydrogens (primary N) is 1. The molecule has 2 heteroatoms. The van der Waals surface area contributed by atoms with Crippen molar-refractivity contribution in [2.45, 2.75) is 31.3 Å².